The maximum Gasteiger partial charge on any atom is 0.152 e. The number of hydrogen-bond donors (Lipinski definition) is 0. The van der Waals surface area contributed by atoms with Crippen LogP contribution in [0, 0.1) is 6.92 Å². The van der Waals surface area contributed by atoms with Crippen LogP contribution in [0.5, 0.6) is 5.75 Å². The van der Waals surface area contributed by atoms with E-state index < -0.39 is 0 Å². The molecule has 0 aliphatic heterocycles. The third-order valence-corrected chi connectivity index (χ3v) is 4.96. The molecule has 136 valence electrons. The number of aldehydes is 1. The van der Waals surface area contributed by atoms with Gasteiger partial charge in [-0.3, -0.25) is 4.79 Å². The number of aryl methyl sites for hydroxylation is 2. The molecule has 3 rings (SSSR count). The number of carbonyl (C=O) groups excluding carboxylic acids is 1. The number of hydrogen-bond acceptors (Lipinski definition) is 2. The van der Waals surface area contributed by atoms with Crippen molar-refractivity contribution in [2.24, 2.45) is 0 Å². The Morgan fingerprint density at radius 2 is 1.92 bits per heavy atom. The quantitative estimate of drug-likeness (QED) is 0.498. The zero-order valence-electron chi connectivity index (χ0n) is 15.9. The fraction of sp³-hybridized carbons (Fsp3) is 0.348. The van der Waals surface area contributed by atoms with Crippen LogP contribution < -0.4 is 4.74 Å². The van der Waals surface area contributed by atoms with Crippen molar-refractivity contribution in [3.05, 3.63) is 65.4 Å². The van der Waals surface area contributed by atoms with Crippen molar-refractivity contribution < 1.29 is 9.53 Å². The maximum absolute atomic E-state index is 11.7. The lowest BCUT2D eigenvalue weighted by atomic mass is 10.1. The average Bonchev–Trinajstić information content (AvgIpc) is 2.91. The Bertz CT molecular complexity index is 880. The van der Waals surface area contributed by atoms with E-state index in [-0.39, 0.29) is 6.10 Å². The largest absolute Gasteiger partial charge is 0.491 e. The van der Waals surface area contributed by atoms with E-state index in [1.54, 1.807) is 0 Å². The molecule has 0 N–H and O–H groups in total. The molecule has 1 heterocycles. The molecule has 0 spiro atoms. The summed E-state index contributed by atoms with van der Waals surface area (Å²) in [4.78, 5) is 11.7. The average molecular weight is 349 g/mol. The molecule has 0 aliphatic rings. The van der Waals surface area contributed by atoms with Crippen LogP contribution in [-0.4, -0.2) is 17.0 Å². The standard InChI is InChI=1S/C23H27NO2/c1-4-8-17(2)26-20-11-12-23-21(15-20)22(16-25)18(3)24(23)14-13-19-9-6-5-7-10-19/h5-7,9-12,15-17H,4,8,13-14H2,1-3H3/t17-/m1/s1. The van der Waals surface area contributed by atoms with Crippen LogP contribution in [0.1, 0.15) is 48.3 Å². The SMILES string of the molecule is CCC[C@@H](C)Oc1ccc2c(c1)c(C=O)c(C)n2CCc1ccccc1. The highest BCUT2D eigenvalue weighted by Crippen LogP contribution is 2.29. The number of ether oxygens (including phenoxy) is 1. The zero-order chi connectivity index (χ0) is 18.5. The van der Waals surface area contributed by atoms with Crippen molar-refractivity contribution in [3.8, 4) is 5.75 Å². The second-order valence-corrected chi connectivity index (χ2v) is 6.90. The zero-order valence-corrected chi connectivity index (χ0v) is 15.9. The first kappa shape index (κ1) is 18.2. The monoisotopic (exact) mass is 349 g/mol. The molecular formula is C23H27NO2. The minimum absolute atomic E-state index is 0.179. The van der Waals surface area contributed by atoms with Gasteiger partial charge in [-0.15, -0.1) is 0 Å². The molecule has 3 aromatic rings. The summed E-state index contributed by atoms with van der Waals surface area (Å²) in [5, 5.41) is 0.978. The van der Waals surface area contributed by atoms with Gasteiger partial charge in [0.2, 0.25) is 0 Å². The summed E-state index contributed by atoms with van der Waals surface area (Å²) in [5.41, 5.74) is 4.18. The molecule has 26 heavy (non-hydrogen) atoms. The normalized spacial score (nSPS) is 12.3. The number of benzene rings is 2. The highest BCUT2D eigenvalue weighted by Gasteiger charge is 2.15. The van der Waals surface area contributed by atoms with E-state index in [9.17, 15) is 4.79 Å². The van der Waals surface area contributed by atoms with E-state index >= 15 is 0 Å². The summed E-state index contributed by atoms with van der Waals surface area (Å²) in [6, 6.07) is 16.5. The minimum Gasteiger partial charge on any atom is -0.491 e. The number of nitrogens with zero attached hydrogens (tertiary/aromatic N) is 1. The van der Waals surface area contributed by atoms with Crippen molar-refractivity contribution in [1.82, 2.24) is 4.57 Å². The highest BCUT2D eigenvalue weighted by molar-refractivity contribution is 6.00. The molecule has 0 fully saturated rings. The Kier molecular flexibility index (Phi) is 5.77. The van der Waals surface area contributed by atoms with Gasteiger partial charge < -0.3 is 9.30 Å². The van der Waals surface area contributed by atoms with Gasteiger partial charge in [0.1, 0.15) is 5.75 Å². The lowest BCUT2D eigenvalue weighted by Crippen LogP contribution is -2.10. The van der Waals surface area contributed by atoms with E-state index in [4.69, 9.17) is 4.74 Å². The molecule has 1 atom stereocenters. The van der Waals surface area contributed by atoms with Crippen LogP contribution >= 0.6 is 0 Å². The molecule has 0 amide bonds. The number of fused-ring (bicyclic) bond motifs is 1. The summed E-state index contributed by atoms with van der Waals surface area (Å²) in [5.74, 6) is 0.835. The van der Waals surface area contributed by atoms with Gasteiger partial charge >= 0.3 is 0 Å². The summed E-state index contributed by atoms with van der Waals surface area (Å²) in [6.45, 7) is 7.12. The first-order valence-electron chi connectivity index (χ1n) is 9.42. The van der Waals surface area contributed by atoms with Gasteiger partial charge in [-0.25, -0.2) is 0 Å². The van der Waals surface area contributed by atoms with Gasteiger partial charge in [0.25, 0.3) is 0 Å². The molecule has 0 unspecified atom stereocenters. The van der Waals surface area contributed by atoms with Gasteiger partial charge in [-0.05, 0) is 50.5 Å². The second-order valence-electron chi connectivity index (χ2n) is 6.90. The fourth-order valence-electron chi connectivity index (χ4n) is 3.58. The van der Waals surface area contributed by atoms with Crippen LogP contribution in [0.4, 0.5) is 0 Å². The van der Waals surface area contributed by atoms with E-state index in [0.29, 0.717) is 0 Å². The minimum atomic E-state index is 0.179. The summed E-state index contributed by atoms with van der Waals surface area (Å²) in [7, 11) is 0. The molecule has 0 radical (unpaired) electrons. The fourth-order valence-corrected chi connectivity index (χ4v) is 3.58. The lowest BCUT2D eigenvalue weighted by molar-refractivity contribution is 0.112. The number of carbonyl (C=O) groups is 1. The van der Waals surface area contributed by atoms with Crippen LogP contribution in [0.15, 0.2) is 48.5 Å². The molecule has 0 aliphatic carbocycles. The second kappa shape index (κ2) is 8.22. The Morgan fingerprint density at radius 1 is 1.15 bits per heavy atom. The third kappa shape index (κ3) is 3.82. The topological polar surface area (TPSA) is 31.2 Å². The van der Waals surface area contributed by atoms with E-state index in [1.165, 1.54) is 5.56 Å². The third-order valence-electron chi connectivity index (χ3n) is 4.96. The van der Waals surface area contributed by atoms with Crippen molar-refractivity contribution in [2.45, 2.75) is 52.7 Å². The molecule has 3 heteroatoms. The van der Waals surface area contributed by atoms with E-state index in [0.717, 1.165) is 60.0 Å². The van der Waals surface area contributed by atoms with Gasteiger partial charge in [-0.2, -0.15) is 0 Å². The molecule has 3 nitrogen and oxygen atoms in total. The van der Waals surface area contributed by atoms with Crippen LogP contribution in [-0.2, 0) is 13.0 Å². The Labute approximate surface area is 155 Å². The Balaban J connectivity index is 1.91. The van der Waals surface area contributed by atoms with Crippen molar-refractivity contribution in [2.75, 3.05) is 0 Å². The predicted octanol–water partition coefficient (Wildman–Crippen LogP) is 5.57. The molecule has 0 bridgehead atoms. The Morgan fingerprint density at radius 3 is 2.62 bits per heavy atom. The van der Waals surface area contributed by atoms with Crippen LogP contribution in [0.3, 0.4) is 0 Å². The molecule has 2 aromatic carbocycles. The summed E-state index contributed by atoms with van der Waals surface area (Å²) in [6.07, 6.45) is 4.21. The van der Waals surface area contributed by atoms with Crippen molar-refractivity contribution in [1.29, 1.82) is 0 Å². The van der Waals surface area contributed by atoms with Crippen LogP contribution in [0.2, 0.25) is 0 Å². The lowest BCUT2D eigenvalue weighted by Gasteiger charge is -2.14. The summed E-state index contributed by atoms with van der Waals surface area (Å²) >= 11 is 0. The van der Waals surface area contributed by atoms with Gasteiger partial charge in [0.05, 0.1) is 6.10 Å². The van der Waals surface area contributed by atoms with E-state index in [1.807, 2.05) is 25.1 Å². The maximum atomic E-state index is 11.7. The highest BCUT2D eigenvalue weighted by atomic mass is 16.5. The number of aromatic nitrogens is 1. The molecular weight excluding hydrogens is 322 g/mol. The van der Waals surface area contributed by atoms with Gasteiger partial charge in [0.15, 0.2) is 6.29 Å². The summed E-state index contributed by atoms with van der Waals surface area (Å²) < 4.78 is 8.26. The first-order chi connectivity index (χ1) is 12.6. The number of rotatable bonds is 8. The van der Waals surface area contributed by atoms with Gasteiger partial charge in [0, 0.05) is 28.7 Å². The van der Waals surface area contributed by atoms with Gasteiger partial charge in [-0.1, -0.05) is 43.7 Å². The van der Waals surface area contributed by atoms with E-state index in [2.05, 4.69) is 48.7 Å². The van der Waals surface area contributed by atoms with Crippen molar-refractivity contribution in [3.63, 3.8) is 0 Å². The molecule has 0 saturated carbocycles. The predicted molar refractivity (Wildman–Crippen MR) is 107 cm³/mol. The molecule has 0 saturated heterocycles. The van der Waals surface area contributed by atoms with Crippen molar-refractivity contribution >= 4 is 17.2 Å². The smallest absolute Gasteiger partial charge is 0.152 e. The van der Waals surface area contributed by atoms with Crippen LogP contribution in [0.25, 0.3) is 10.9 Å². The first-order valence-corrected chi connectivity index (χ1v) is 9.42. The Hall–Kier alpha value is -2.55. The molecule has 1 aromatic heterocycles.